The van der Waals surface area contributed by atoms with Gasteiger partial charge in [-0.05, 0) is 27.1 Å². The van der Waals surface area contributed by atoms with Gasteiger partial charge in [-0.3, -0.25) is 9.80 Å². The summed E-state index contributed by atoms with van der Waals surface area (Å²) in [7, 11) is 4.11. The van der Waals surface area contributed by atoms with Crippen molar-refractivity contribution in [1.82, 2.24) is 9.80 Å². The van der Waals surface area contributed by atoms with E-state index in [-0.39, 0.29) is 32.6 Å². The number of rotatable bonds is 6. The van der Waals surface area contributed by atoms with Crippen molar-refractivity contribution in [2.45, 2.75) is 20.8 Å². The smallest absolute Gasteiger partial charge is 0.0558 e. The zero-order valence-corrected chi connectivity index (χ0v) is 9.72. The maximum absolute atomic E-state index is 8.62. The molecule has 13 heavy (non-hydrogen) atoms. The molecule has 4 heteroatoms. The van der Waals surface area contributed by atoms with E-state index in [4.69, 9.17) is 5.11 Å². The van der Waals surface area contributed by atoms with Gasteiger partial charge < -0.3 is 5.11 Å². The van der Waals surface area contributed by atoms with Crippen molar-refractivity contribution in [3.63, 3.8) is 0 Å². The SMILES string of the molecule is C.CCCN(C)CN(C)CCO.[V]. The minimum absolute atomic E-state index is 0. The van der Waals surface area contributed by atoms with Crippen LogP contribution in [-0.4, -0.2) is 55.4 Å². The van der Waals surface area contributed by atoms with Crippen LogP contribution in [-0.2, 0) is 18.6 Å². The Morgan fingerprint density at radius 1 is 1.08 bits per heavy atom. The van der Waals surface area contributed by atoms with Crippen LogP contribution in [0.15, 0.2) is 0 Å². The number of aliphatic hydroxyl groups excluding tert-OH is 1. The fraction of sp³-hybridized carbons (Fsp3) is 1.00. The summed E-state index contributed by atoms with van der Waals surface area (Å²) in [6, 6.07) is 0. The molecular formula is C9H24N2OV. The summed E-state index contributed by atoms with van der Waals surface area (Å²) in [5.74, 6) is 0. The van der Waals surface area contributed by atoms with Gasteiger partial charge in [-0.2, -0.15) is 0 Å². The van der Waals surface area contributed by atoms with Crippen LogP contribution in [0.2, 0.25) is 0 Å². The summed E-state index contributed by atoms with van der Waals surface area (Å²) in [6.07, 6.45) is 1.18. The van der Waals surface area contributed by atoms with E-state index in [9.17, 15) is 0 Å². The van der Waals surface area contributed by atoms with Gasteiger partial charge in [0.2, 0.25) is 0 Å². The van der Waals surface area contributed by atoms with E-state index in [1.165, 1.54) is 6.42 Å². The number of likely N-dealkylation sites (N-methyl/N-ethyl adjacent to an activating group) is 1. The van der Waals surface area contributed by atoms with Gasteiger partial charge in [0.15, 0.2) is 0 Å². The summed E-state index contributed by atoms with van der Waals surface area (Å²) < 4.78 is 0. The maximum Gasteiger partial charge on any atom is 0.0558 e. The van der Waals surface area contributed by atoms with Gasteiger partial charge in [0.05, 0.1) is 13.3 Å². The van der Waals surface area contributed by atoms with Crippen LogP contribution in [0.5, 0.6) is 0 Å². The van der Waals surface area contributed by atoms with E-state index in [1.54, 1.807) is 0 Å². The normalized spacial score (nSPS) is 9.69. The van der Waals surface area contributed by atoms with Crippen LogP contribution in [0.4, 0.5) is 0 Å². The van der Waals surface area contributed by atoms with E-state index >= 15 is 0 Å². The van der Waals surface area contributed by atoms with Crippen LogP contribution in [0.1, 0.15) is 20.8 Å². The summed E-state index contributed by atoms with van der Waals surface area (Å²) >= 11 is 0. The molecule has 0 spiro atoms. The summed E-state index contributed by atoms with van der Waals surface area (Å²) in [4.78, 5) is 4.35. The van der Waals surface area contributed by atoms with Gasteiger partial charge in [0, 0.05) is 25.1 Å². The van der Waals surface area contributed by atoms with Gasteiger partial charge >= 0.3 is 0 Å². The first-order chi connectivity index (χ1) is 5.20. The molecule has 0 fully saturated rings. The second-order valence-electron chi connectivity index (χ2n) is 3.02. The molecule has 0 aromatic carbocycles. The Morgan fingerprint density at radius 3 is 1.92 bits per heavy atom. The Morgan fingerprint density at radius 2 is 1.54 bits per heavy atom. The third kappa shape index (κ3) is 12.5. The van der Waals surface area contributed by atoms with Gasteiger partial charge in [0.25, 0.3) is 0 Å². The largest absolute Gasteiger partial charge is 0.395 e. The van der Waals surface area contributed by atoms with Crippen molar-refractivity contribution in [3.8, 4) is 0 Å². The van der Waals surface area contributed by atoms with Gasteiger partial charge in [-0.25, -0.2) is 0 Å². The average Bonchev–Trinajstić information content (AvgIpc) is 1.87. The summed E-state index contributed by atoms with van der Waals surface area (Å²) in [6.45, 7) is 5.23. The summed E-state index contributed by atoms with van der Waals surface area (Å²) in [5.41, 5.74) is 0. The zero-order valence-electron chi connectivity index (χ0n) is 8.32. The van der Waals surface area contributed by atoms with E-state index in [2.05, 4.69) is 23.8 Å². The molecule has 1 N–H and O–H groups in total. The fourth-order valence-electron chi connectivity index (χ4n) is 1.11. The van der Waals surface area contributed by atoms with Crippen molar-refractivity contribution in [3.05, 3.63) is 0 Å². The van der Waals surface area contributed by atoms with Crippen LogP contribution < -0.4 is 0 Å². The topological polar surface area (TPSA) is 26.7 Å². The van der Waals surface area contributed by atoms with Crippen LogP contribution in [0, 0.1) is 0 Å². The summed E-state index contributed by atoms with van der Waals surface area (Å²) in [5, 5.41) is 8.62. The molecule has 1 radical (unpaired) electrons. The van der Waals surface area contributed by atoms with E-state index in [0.29, 0.717) is 0 Å². The van der Waals surface area contributed by atoms with Crippen molar-refractivity contribution in [2.24, 2.45) is 0 Å². The first-order valence-electron chi connectivity index (χ1n) is 4.18. The molecule has 0 heterocycles. The van der Waals surface area contributed by atoms with Crippen molar-refractivity contribution in [1.29, 1.82) is 0 Å². The molecule has 0 aliphatic heterocycles. The van der Waals surface area contributed by atoms with Crippen LogP contribution >= 0.6 is 0 Å². The first kappa shape index (κ1) is 19.1. The maximum atomic E-state index is 8.62. The number of nitrogens with zero attached hydrogens (tertiary/aromatic N) is 2. The molecule has 0 unspecified atom stereocenters. The predicted octanol–water partition coefficient (Wildman–Crippen LogP) is 0.843. The minimum atomic E-state index is 0. The molecule has 0 saturated carbocycles. The third-order valence-electron chi connectivity index (χ3n) is 1.57. The molecule has 0 bridgehead atoms. The Hall–Kier alpha value is 0.464. The Bertz CT molecular complexity index is 83.7. The Labute approximate surface area is 95.0 Å². The van der Waals surface area contributed by atoms with Crippen LogP contribution in [0.25, 0.3) is 0 Å². The molecule has 0 aromatic rings. The average molecular weight is 227 g/mol. The van der Waals surface area contributed by atoms with E-state index in [1.807, 2.05) is 7.05 Å². The first-order valence-corrected chi connectivity index (χ1v) is 4.18. The van der Waals surface area contributed by atoms with Gasteiger partial charge in [-0.1, -0.05) is 14.4 Å². The van der Waals surface area contributed by atoms with Crippen molar-refractivity contribution >= 4 is 0 Å². The number of hydrogen-bond acceptors (Lipinski definition) is 3. The minimum Gasteiger partial charge on any atom is -0.395 e. The van der Waals surface area contributed by atoms with Gasteiger partial charge in [0.1, 0.15) is 0 Å². The van der Waals surface area contributed by atoms with Crippen molar-refractivity contribution in [2.75, 3.05) is 40.5 Å². The Kier molecular flexibility index (Phi) is 18.3. The quantitative estimate of drug-likeness (QED) is 0.681. The molecule has 0 atom stereocenters. The number of aliphatic hydroxyl groups is 1. The molecule has 0 aliphatic carbocycles. The van der Waals surface area contributed by atoms with E-state index < -0.39 is 0 Å². The number of hydrogen-bond donors (Lipinski definition) is 1. The van der Waals surface area contributed by atoms with Crippen LogP contribution in [0.3, 0.4) is 0 Å². The second-order valence-corrected chi connectivity index (χ2v) is 3.02. The molecule has 0 aliphatic rings. The molecule has 0 aromatic heterocycles. The second kappa shape index (κ2) is 12.5. The van der Waals surface area contributed by atoms with Gasteiger partial charge in [-0.15, -0.1) is 0 Å². The monoisotopic (exact) mass is 227 g/mol. The molecule has 81 valence electrons. The predicted molar refractivity (Wildman–Crippen MR) is 54.2 cm³/mol. The van der Waals surface area contributed by atoms with Crippen molar-refractivity contribution < 1.29 is 23.7 Å². The molecule has 3 nitrogen and oxygen atoms in total. The van der Waals surface area contributed by atoms with E-state index in [0.717, 1.165) is 19.8 Å². The molecular weight excluding hydrogens is 203 g/mol. The molecule has 0 saturated heterocycles. The Balaban J connectivity index is -0.000000500. The third-order valence-corrected chi connectivity index (χ3v) is 1.57. The standard InChI is InChI=1S/C8H20N2O.CH4.V/c1-4-5-9(2)8-10(3)6-7-11;;/h11H,4-8H2,1-3H3;1H4;. The zero-order chi connectivity index (χ0) is 8.69. The molecule has 0 amide bonds. The molecule has 0 rings (SSSR count). The fourth-order valence-corrected chi connectivity index (χ4v) is 1.11.